The molecule has 1 aromatic heterocycles. The molecule has 0 amide bonds. The third kappa shape index (κ3) is 4.00. The number of rotatable bonds is 4. The lowest BCUT2D eigenvalue weighted by atomic mass is 10.1. The van der Waals surface area contributed by atoms with E-state index in [9.17, 15) is 8.42 Å². The molecule has 0 spiro atoms. The summed E-state index contributed by atoms with van der Waals surface area (Å²) < 4.78 is 33.2. The van der Waals surface area contributed by atoms with E-state index in [2.05, 4.69) is 0 Å². The Morgan fingerprint density at radius 1 is 1.13 bits per heavy atom. The minimum atomic E-state index is -3.45. The van der Waals surface area contributed by atoms with E-state index in [0.717, 1.165) is 11.3 Å². The van der Waals surface area contributed by atoms with Crippen molar-refractivity contribution in [2.75, 3.05) is 13.1 Å². The fourth-order valence-corrected chi connectivity index (χ4v) is 5.77. The maximum Gasteiger partial charge on any atom is 0.252 e. The SMILES string of the molecule is O=S(=O)(c1ccc(Cl)s1)N1CCC(Oc2cccc(Cl)c2)CC1. The minimum Gasteiger partial charge on any atom is -0.490 e. The number of benzene rings is 1. The van der Waals surface area contributed by atoms with E-state index < -0.39 is 10.0 Å². The summed E-state index contributed by atoms with van der Waals surface area (Å²) in [6, 6.07) is 10.4. The summed E-state index contributed by atoms with van der Waals surface area (Å²) in [6.45, 7) is 0.867. The Balaban J connectivity index is 1.62. The predicted molar refractivity (Wildman–Crippen MR) is 93.2 cm³/mol. The van der Waals surface area contributed by atoms with Crippen molar-refractivity contribution in [1.82, 2.24) is 4.31 Å². The van der Waals surface area contributed by atoms with E-state index in [1.807, 2.05) is 12.1 Å². The van der Waals surface area contributed by atoms with Gasteiger partial charge in [0.2, 0.25) is 0 Å². The van der Waals surface area contributed by atoms with Gasteiger partial charge in [-0.2, -0.15) is 4.31 Å². The molecule has 3 rings (SSSR count). The first-order valence-electron chi connectivity index (χ1n) is 7.13. The van der Waals surface area contributed by atoms with Crippen molar-refractivity contribution in [3.63, 3.8) is 0 Å². The highest BCUT2D eigenvalue weighted by Gasteiger charge is 2.31. The summed E-state index contributed by atoms with van der Waals surface area (Å²) in [5.41, 5.74) is 0. The summed E-state index contributed by atoms with van der Waals surface area (Å²) >= 11 is 12.9. The van der Waals surface area contributed by atoms with Crippen LogP contribution in [0, 0.1) is 0 Å². The number of thiophene rings is 1. The molecule has 2 aromatic rings. The lowest BCUT2D eigenvalue weighted by Crippen LogP contribution is -2.41. The molecular weight excluding hydrogens is 377 g/mol. The van der Waals surface area contributed by atoms with Crippen molar-refractivity contribution in [2.24, 2.45) is 0 Å². The Morgan fingerprint density at radius 3 is 2.48 bits per heavy atom. The van der Waals surface area contributed by atoms with E-state index >= 15 is 0 Å². The number of ether oxygens (including phenoxy) is 1. The summed E-state index contributed by atoms with van der Waals surface area (Å²) in [5.74, 6) is 0.712. The molecule has 124 valence electrons. The van der Waals surface area contributed by atoms with Crippen LogP contribution in [0.15, 0.2) is 40.6 Å². The van der Waals surface area contributed by atoms with Crippen LogP contribution in [0.4, 0.5) is 0 Å². The third-order valence-electron chi connectivity index (χ3n) is 3.64. The van der Waals surface area contributed by atoms with Crippen molar-refractivity contribution < 1.29 is 13.2 Å². The average Bonchev–Trinajstić information content (AvgIpc) is 2.95. The summed E-state index contributed by atoms with van der Waals surface area (Å²) in [5, 5.41) is 0.622. The quantitative estimate of drug-likeness (QED) is 0.780. The van der Waals surface area contributed by atoms with Crippen LogP contribution >= 0.6 is 34.5 Å². The zero-order valence-corrected chi connectivity index (χ0v) is 15.3. The molecule has 0 aliphatic carbocycles. The standard InChI is InChI=1S/C15H15Cl2NO3S2/c16-11-2-1-3-13(10-11)21-12-6-8-18(9-7-12)23(19,20)15-5-4-14(17)22-15/h1-5,10,12H,6-9H2. The van der Waals surface area contributed by atoms with E-state index in [1.54, 1.807) is 24.3 Å². The molecule has 1 aromatic carbocycles. The first kappa shape index (κ1) is 17.0. The molecule has 23 heavy (non-hydrogen) atoms. The number of sulfonamides is 1. The van der Waals surface area contributed by atoms with Gasteiger partial charge in [-0.1, -0.05) is 29.3 Å². The van der Waals surface area contributed by atoms with Gasteiger partial charge in [-0.05, 0) is 43.2 Å². The largest absolute Gasteiger partial charge is 0.490 e. The van der Waals surface area contributed by atoms with Crippen LogP contribution in [-0.2, 0) is 10.0 Å². The molecule has 0 radical (unpaired) electrons. The lowest BCUT2D eigenvalue weighted by molar-refractivity contribution is 0.135. The molecule has 0 bridgehead atoms. The molecule has 1 saturated heterocycles. The molecule has 0 unspecified atom stereocenters. The Hall–Kier alpha value is -0.790. The molecule has 8 heteroatoms. The van der Waals surface area contributed by atoms with Gasteiger partial charge in [-0.25, -0.2) is 8.42 Å². The molecule has 4 nitrogen and oxygen atoms in total. The number of piperidine rings is 1. The van der Waals surface area contributed by atoms with Crippen LogP contribution in [0.2, 0.25) is 9.36 Å². The molecule has 1 aliphatic heterocycles. The number of hydrogen-bond donors (Lipinski definition) is 0. The highest BCUT2D eigenvalue weighted by Crippen LogP contribution is 2.30. The highest BCUT2D eigenvalue weighted by molar-refractivity contribution is 7.91. The monoisotopic (exact) mass is 391 g/mol. The molecule has 0 saturated carbocycles. The summed E-state index contributed by atoms with van der Waals surface area (Å²) in [7, 11) is -3.45. The Bertz CT molecular complexity index is 784. The van der Waals surface area contributed by atoms with Crippen LogP contribution in [0.5, 0.6) is 5.75 Å². The fourth-order valence-electron chi connectivity index (χ4n) is 2.49. The molecular formula is C15H15Cl2NO3S2. The Morgan fingerprint density at radius 2 is 1.87 bits per heavy atom. The number of hydrogen-bond acceptors (Lipinski definition) is 4. The fraction of sp³-hybridized carbons (Fsp3) is 0.333. The number of nitrogens with zero attached hydrogens (tertiary/aromatic N) is 1. The number of halogens is 2. The van der Waals surface area contributed by atoms with Gasteiger partial charge in [-0.15, -0.1) is 11.3 Å². The van der Waals surface area contributed by atoms with Gasteiger partial charge in [0.15, 0.2) is 0 Å². The topological polar surface area (TPSA) is 46.6 Å². The second-order valence-electron chi connectivity index (χ2n) is 5.24. The first-order chi connectivity index (χ1) is 10.9. The Kier molecular flexibility index (Phi) is 5.18. The smallest absolute Gasteiger partial charge is 0.252 e. The van der Waals surface area contributed by atoms with Crippen LogP contribution in [0.3, 0.4) is 0 Å². The summed E-state index contributed by atoms with van der Waals surface area (Å²) in [6.07, 6.45) is 1.28. The van der Waals surface area contributed by atoms with Crippen molar-refractivity contribution >= 4 is 44.6 Å². The molecule has 1 fully saturated rings. The summed E-state index contributed by atoms with van der Waals surface area (Å²) in [4.78, 5) is 0. The maximum absolute atomic E-state index is 12.5. The predicted octanol–water partition coefficient (Wildman–Crippen LogP) is 4.29. The van der Waals surface area contributed by atoms with Crippen LogP contribution in [-0.4, -0.2) is 31.9 Å². The van der Waals surface area contributed by atoms with Gasteiger partial charge < -0.3 is 4.74 Å². The molecule has 0 N–H and O–H groups in total. The lowest BCUT2D eigenvalue weighted by Gasteiger charge is -2.31. The van der Waals surface area contributed by atoms with Crippen molar-refractivity contribution in [1.29, 1.82) is 0 Å². The zero-order valence-electron chi connectivity index (χ0n) is 12.1. The van der Waals surface area contributed by atoms with Gasteiger partial charge in [0.1, 0.15) is 16.1 Å². The second-order valence-corrected chi connectivity index (χ2v) is 9.55. The molecule has 2 heterocycles. The van der Waals surface area contributed by atoms with E-state index in [0.29, 0.717) is 41.0 Å². The maximum atomic E-state index is 12.5. The third-order valence-corrected chi connectivity index (χ3v) is 7.47. The molecule has 0 atom stereocenters. The van der Waals surface area contributed by atoms with Crippen LogP contribution < -0.4 is 4.74 Å². The van der Waals surface area contributed by atoms with Crippen LogP contribution in [0.25, 0.3) is 0 Å². The molecule has 1 aliphatic rings. The normalized spacial score (nSPS) is 17.3. The van der Waals surface area contributed by atoms with Crippen LogP contribution in [0.1, 0.15) is 12.8 Å². The van der Waals surface area contributed by atoms with Gasteiger partial charge in [0, 0.05) is 18.1 Å². The van der Waals surface area contributed by atoms with Gasteiger partial charge >= 0.3 is 0 Å². The van der Waals surface area contributed by atoms with E-state index in [-0.39, 0.29) is 10.3 Å². The average molecular weight is 392 g/mol. The second kappa shape index (κ2) is 6.99. The minimum absolute atomic E-state index is 0.00756. The van der Waals surface area contributed by atoms with E-state index in [1.165, 1.54) is 4.31 Å². The van der Waals surface area contributed by atoms with Gasteiger partial charge in [0.25, 0.3) is 10.0 Å². The van der Waals surface area contributed by atoms with Crippen molar-refractivity contribution in [2.45, 2.75) is 23.2 Å². The van der Waals surface area contributed by atoms with Crippen molar-refractivity contribution in [3.05, 3.63) is 45.8 Å². The zero-order chi connectivity index (χ0) is 16.4. The first-order valence-corrected chi connectivity index (χ1v) is 10.1. The van der Waals surface area contributed by atoms with Gasteiger partial charge in [-0.3, -0.25) is 0 Å². The highest BCUT2D eigenvalue weighted by atomic mass is 35.5. The van der Waals surface area contributed by atoms with Gasteiger partial charge in [0.05, 0.1) is 4.34 Å². The Labute approximate surface area is 149 Å². The van der Waals surface area contributed by atoms with Crippen molar-refractivity contribution in [3.8, 4) is 5.75 Å². The van der Waals surface area contributed by atoms with E-state index in [4.69, 9.17) is 27.9 Å².